The molecule has 9 atom stereocenters. The van der Waals surface area contributed by atoms with Crippen molar-refractivity contribution < 1.29 is 44.1 Å². The van der Waals surface area contributed by atoms with Crippen LogP contribution in [0.25, 0.3) is 33.1 Å². The number of aliphatic carboxylic acids is 3. The number of carbonyl (C=O) groups is 6. The van der Waals surface area contributed by atoms with Crippen LogP contribution in [-0.2, 0) is 53.3 Å². The van der Waals surface area contributed by atoms with E-state index in [1.807, 2.05) is 188 Å². The summed E-state index contributed by atoms with van der Waals surface area (Å²) < 4.78 is 5.57. The molecule has 3 aromatic heterocycles. The van der Waals surface area contributed by atoms with Gasteiger partial charge >= 0.3 is 17.9 Å². The Morgan fingerprint density at radius 3 is 0.880 bits per heavy atom. The molecule has 0 spiro atoms. The summed E-state index contributed by atoms with van der Waals surface area (Å²) in [6, 6.07) is 50.1. The number of benzene rings is 9. The van der Waals surface area contributed by atoms with Crippen molar-refractivity contribution in [3.63, 3.8) is 0 Å². The quantitative estimate of drug-likeness (QED) is 0.0721. The molecule has 6 aliphatic heterocycles. The molecule has 18 rings (SSSR count). The molecular formula is C96H102N12O9. The van der Waals surface area contributed by atoms with Crippen molar-refractivity contribution in [2.45, 2.75) is 234 Å². The Bertz CT molecular complexity index is 5440. The van der Waals surface area contributed by atoms with Gasteiger partial charge in [-0.05, 0) is 277 Å². The number of hydrogen-bond acceptors (Lipinski definition) is 12. The van der Waals surface area contributed by atoms with E-state index in [0.717, 1.165) is 227 Å². The average molecular weight is 1570 g/mol. The van der Waals surface area contributed by atoms with E-state index < -0.39 is 17.9 Å². The normalized spacial score (nSPS) is 18.8. The summed E-state index contributed by atoms with van der Waals surface area (Å²) in [6.07, 6.45) is 8.13. The molecule has 21 heteroatoms. The predicted molar refractivity (Wildman–Crippen MR) is 450 cm³/mol. The number of hydrogen-bond donors (Lipinski definition) is 3. The summed E-state index contributed by atoms with van der Waals surface area (Å²) in [5, 5.41) is 55.7. The van der Waals surface area contributed by atoms with Crippen LogP contribution in [0.5, 0.6) is 0 Å². The fraction of sp³-hybridized carbons (Fsp3) is 0.375. The van der Waals surface area contributed by atoms with Crippen molar-refractivity contribution >= 4 is 68.7 Å². The number of nitrogens with zero attached hydrogens (tertiary/aromatic N) is 12. The van der Waals surface area contributed by atoms with Crippen molar-refractivity contribution in [1.29, 1.82) is 0 Å². The van der Waals surface area contributed by atoms with Gasteiger partial charge in [0.05, 0.1) is 53.9 Å². The second kappa shape index (κ2) is 31.9. The molecule has 0 saturated carbocycles. The molecule has 9 aromatic carbocycles. The smallest absolute Gasteiger partial charge is 0.304 e. The van der Waals surface area contributed by atoms with Gasteiger partial charge in [-0.25, -0.2) is 14.0 Å². The maximum Gasteiger partial charge on any atom is 0.304 e. The lowest BCUT2D eigenvalue weighted by atomic mass is 9.82. The Kier molecular flexibility index (Phi) is 21.5. The molecule has 12 aromatic rings. The van der Waals surface area contributed by atoms with E-state index >= 15 is 0 Å². The van der Waals surface area contributed by atoms with Crippen LogP contribution in [0.2, 0.25) is 0 Å². The van der Waals surface area contributed by atoms with E-state index in [0.29, 0.717) is 0 Å². The van der Waals surface area contributed by atoms with E-state index in [2.05, 4.69) is 100 Å². The van der Waals surface area contributed by atoms with Crippen LogP contribution in [0.4, 0.5) is 0 Å². The van der Waals surface area contributed by atoms with Gasteiger partial charge in [0.1, 0.15) is 16.6 Å². The Morgan fingerprint density at radius 2 is 0.624 bits per heavy atom. The highest BCUT2D eigenvalue weighted by atomic mass is 16.4. The van der Waals surface area contributed by atoms with Crippen LogP contribution < -0.4 is 0 Å². The Labute approximate surface area is 681 Å². The molecule has 3 amide bonds. The second-order valence-corrected chi connectivity index (χ2v) is 33.4. The maximum absolute atomic E-state index is 13.9. The number of aromatic nitrogens is 9. The van der Waals surface area contributed by atoms with E-state index in [-0.39, 0.29) is 91.0 Å². The van der Waals surface area contributed by atoms with Crippen LogP contribution in [0.1, 0.15) is 262 Å². The highest BCUT2D eigenvalue weighted by Crippen LogP contribution is 2.51. The zero-order valence-electron chi connectivity index (χ0n) is 68.8. The Balaban J connectivity index is 0.000000131. The molecule has 9 heterocycles. The molecule has 6 bridgehead atoms. The molecule has 0 radical (unpaired) electrons. The molecule has 0 aliphatic carbocycles. The molecule has 0 unspecified atom stereocenters. The van der Waals surface area contributed by atoms with Crippen LogP contribution in [-0.4, -0.2) is 129 Å². The second-order valence-electron chi connectivity index (χ2n) is 33.4. The monoisotopic (exact) mass is 1570 g/mol. The largest absolute Gasteiger partial charge is 0.481 e. The van der Waals surface area contributed by atoms with E-state index in [4.69, 9.17) is 0 Å². The van der Waals surface area contributed by atoms with Crippen LogP contribution in [0.3, 0.4) is 0 Å². The Morgan fingerprint density at radius 1 is 0.350 bits per heavy atom. The van der Waals surface area contributed by atoms with Gasteiger partial charge in [-0.3, -0.25) is 28.8 Å². The highest BCUT2D eigenvalue weighted by Gasteiger charge is 2.47. The van der Waals surface area contributed by atoms with Crippen LogP contribution in [0.15, 0.2) is 146 Å². The first kappa shape index (κ1) is 78.9. The zero-order valence-corrected chi connectivity index (χ0v) is 68.8. The predicted octanol–water partition coefficient (Wildman–Crippen LogP) is 17.7. The number of fused-ring (bicyclic) bond motifs is 15. The lowest BCUT2D eigenvalue weighted by Gasteiger charge is -2.37. The fourth-order valence-corrected chi connectivity index (χ4v) is 20.3. The minimum atomic E-state index is -0.845. The summed E-state index contributed by atoms with van der Waals surface area (Å²) in [7, 11) is 0. The first-order chi connectivity index (χ1) is 56.3. The number of carboxylic acids is 3. The molecule has 3 saturated heterocycles. The lowest BCUT2D eigenvalue weighted by molar-refractivity contribution is -0.138. The number of amides is 3. The van der Waals surface area contributed by atoms with Gasteiger partial charge in [0.25, 0.3) is 17.7 Å². The van der Waals surface area contributed by atoms with Gasteiger partial charge in [0.15, 0.2) is 0 Å². The first-order valence-corrected chi connectivity index (χ1v) is 41.5. The van der Waals surface area contributed by atoms with E-state index in [1.165, 1.54) is 16.7 Å². The first-order valence-electron chi connectivity index (χ1n) is 41.5. The minimum Gasteiger partial charge on any atom is -0.481 e. The zero-order chi connectivity index (χ0) is 82.3. The fourth-order valence-electron chi connectivity index (χ4n) is 20.3. The average Bonchev–Trinajstić information content (AvgIpc) is 1.62. The van der Waals surface area contributed by atoms with Gasteiger partial charge < -0.3 is 30.0 Å². The van der Waals surface area contributed by atoms with Crippen LogP contribution >= 0.6 is 0 Å². The third kappa shape index (κ3) is 14.5. The molecule has 21 nitrogen and oxygen atoms in total. The van der Waals surface area contributed by atoms with Crippen LogP contribution in [0, 0.1) is 62.3 Å². The molecule has 3 N–H and O–H groups in total. The Hall–Kier alpha value is -12.0. The summed E-state index contributed by atoms with van der Waals surface area (Å²) in [5.41, 5.74) is 29.8. The van der Waals surface area contributed by atoms with Crippen molar-refractivity contribution in [2.75, 3.05) is 0 Å². The number of carbonyl (C=O) groups excluding carboxylic acids is 3. The minimum absolute atomic E-state index is 0.00428. The van der Waals surface area contributed by atoms with Crippen molar-refractivity contribution in [2.24, 2.45) is 0 Å². The summed E-state index contributed by atoms with van der Waals surface area (Å²) in [4.78, 5) is 84.1. The van der Waals surface area contributed by atoms with Crippen molar-refractivity contribution in [3.05, 3.63) is 279 Å². The number of carboxylic acid groups (broad SMARTS) is 3. The van der Waals surface area contributed by atoms with Gasteiger partial charge in [-0.15, -0.1) is 15.3 Å². The van der Waals surface area contributed by atoms with Crippen molar-refractivity contribution in [3.8, 4) is 0 Å². The molecule has 600 valence electrons. The van der Waals surface area contributed by atoms with Gasteiger partial charge in [-0.1, -0.05) is 142 Å². The molecule has 117 heavy (non-hydrogen) atoms. The highest BCUT2D eigenvalue weighted by molar-refractivity contribution is 5.99. The third-order valence-electron chi connectivity index (χ3n) is 26.4. The van der Waals surface area contributed by atoms with Gasteiger partial charge in [-0.2, -0.15) is 0 Å². The number of rotatable bonds is 18. The summed E-state index contributed by atoms with van der Waals surface area (Å²) >= 11 is 0. The van der Waals surface area contributed by atoms with Gasteiger partial charge in [0.2, 0.25) is 0 Å². The standard InChI is InChI=1S/3C32H34N4O3/c3*1-5-35-29-13-11-24(20(4)31(29)33-34-35)26(17-30(37)38)22-9-8-21-15-23-10-12-28(27(21)16-22)36(23)32(39)25-14-18(2)6-7-19(25)3/h3*6-9,11,13-14,16,23,26,28H,5,10,12,15,17H2,1-4H3,(H,37,38)/t23-,26+,28+;2*23-,26-,28+/m110/s1. The topological polar surface area (TPSA) is 265 Å². The molecule has 3 fully saturated rings. The molecule has 6 aliphatic rings. The molecular weight excluding hydrogens is 1470 g/mol. The number of aryl methyl sites for hydroxylation is 12. The van der Waals surface area contributed by atoms with E-state index in [9.17, 15) is 44.1 Å². The maximum atomic E-state index is 13.9. The SMILES string of the molecule is CCn1nnc2c(C)c([C@@H](CC(=O)O)c3ccc4c(c3)[C@@H]3CC[C@H](C4)N3C(=O)c3cc(C)ccc3C)ccc21.CCn1nnc2c(C)c([C@@H](CC(=O)O)c3ccc4c(c3)[C@H]3CC[C@@H](C4)N3C(=O)c3cc(C)ccc3C)ccc21.CCn1nnc2c(C)c([C@H](CC(=O)O)c3ccc4c(c3)[C@@H]3CC[C@H](C4)N3C(=O)c3cc(C)ccc3C)ccc21. The lowest BCUT2D eigenvalue weighted by Crippen LogP contribution is -2.42. The van der Waals surface area contributed by atoms with Gasteiger partial charge in [0, 0.05) is 72.2 Å². The summed E-state index contributed by atoms with van der Waals surface area (Å²) in [6.45, 7) is 26.3. The van der Waals surface area contributed by atoms with Crippen molar-refractivity contribution in [1.82, 2.24) is 59.7 Å². The summed E-state index contributed by atoms with van der Waals surface area (Å²) in [5.74, 6) is -3.22. The third-order valence-corrected chi connectivity index (χ3v) is 26.4. The van der Waals surface area contributed by atoms with E-state index in [1.54, 1.807) is 0 Å².